The highest BCUT2D eigenvalue weighted by Gasteiger charge is 2.35. The molecule has 3 rings (SSSR count). The second kappa shape index (κ2) is 10.3. The molecule has 2 aromatic carbocycles. The van der Waals surface area contributed by atoms with E-state index in [2.05, 4.69) is 10.3 Å². The standard InChI is InChI=1S/C24H25ClF3N5O4/c1-13(33(22(36)37)23(2,3)4)19-31-17-10-6-9-16(25)18(17)20(34)32(19)15-8-5-7-14(11-15)30-21(35)29-12-24(26,27)28/h5-11,13H,12H2,1-4H3,(H,36,37)(H2,29,30,35). The first-order valence-corrected chi connectivity index (χ1v) is 11.4. The number of carbonyl (C=O) groups excluding carboxylic acids is 1. The molecule has 0 fully saturated rings. The summed E-state index contributed by atoms with van der Waals surface area (Å²) < 4.78 is 38.5. The van der Waals surface area contributed by atoms with Crippen molar-refractivity contribution < 1.29 is 27.9 Å². The van der Waals surface area contributed by atoms with Crippen LogP contribution in [0, 0.1) is 0 Å². The number of alkyl halides is 3. The molecule has 198 valence electrons. The number of urea groups is 1. The van der Waals surface area contributed by atoms with Crippen molar-refractivity contribution in [3.8, 4) is 5.69 Å². The largest absolute Gasteiger partial charge is 0.465 e. The van der Waals surface area contributed by atoms with Gasteiger partial charge in [-0.2, -0.15) is 13.2 Å². The van der Waals surface area contributed by atoms with E-state index in [1.54, 1.807) is 45.1 Å². The molecule has 1 atom stereocenters. The summed E-state index contributed by atoms with van der Waals surface area (Å²) >= 11 is 6.30. The Hall–Kier alpha value is -3.80. The van der Waals surface area contributed by atoms with E-state index in [1.807, 2.05) is 0 Å². The topological polar surface area (TPSA) is 117 Å². The number of hydrogen-bond donors (Lipinski definition) is 3. The van der Waals surface area contributed by atoms with Gasteiger partial charge < -0.3 is 15.7 Å². The van der Waals surface area contributed by atoms with Crippen LogP contribution in [0.1, 0.15) is 39.6 Å². The van der Waals surface area contributed by atoms with Crippen molar-refractivity contribution in [1.29, 1.82) is 0 Å². The van der Waals surface area contributed by atoms with Gasteiger partial charge in [-0.05, 0) is 58.0 Å². The fourth-order valence-electron chi connectivity index (χ4n) is 3.96. The second-order valence-corrected chi connectivity index (χ2v) is 9.62. The molecule has 3 aromatic rings. The molecule has 0 spiro atoms. The van der Waals surface area contributed by atoms with E-state index in [9.17, 15) is 32.7 Å². The van der Waals surface area contributed by atoms with Gasteiger partial charge in [0.05, 0.1) is 27.7 Å². The van der Waals surface area contributed by atoms with Crippen LogP contribution in [0.15, 0.2) is 47.3 Å². The number of benzene rings is 2. The first-order chi connectivity index (χ1) is 17.1. The summed E-state index contributed by atoms with van der Waals surface area (Å²) in [4.78, 5) is 43.6. The van der Waals surface area contributed by atoms with Crippen LogP contribution in [0.25, 0.3) is 16.6 Å². The Morgan fingerprint density at radius 1 is 1.16 bits per heavy atom. The van der Waals surface area contributed by atoms with Crippen LogP contribution >= 0.6 is 11.6 Å². The van der Waals surface area contributed by atoms with Crippen LogP contribution in [0.5, 0.6) is 0 Å². The summed E-state index contributed by atoms with van der Waals surface area (Å²) in [6.45, 7) is 5.15. The summed E-state index contributed by atoms with van der Waals surface area (Å²) in [5, 5.41) is 14.2. The molecule has 9 nitrogen and oxygen atoms in total. The van der Waals surface area contributed by atoms with Gasteiger partial charge in [-0.25, -0.2) is 14.6 Å². The van der Waals surface area contributed by atoms with E-state index in [1.165, 1.54) is 34.9 Å². The van der Waals surface area contributed by atoms with Gasteiger partial charge in [0.15, 0.2) is 0 Å². The first kappa shape index (κ1) is 27.8. The highest BCUT2D eigenvalue weighted by Crippen LogP contribution is 2.30. The number of fused-ring (bicyclic) bond motifs is 1. The molecule has 0 saturated heterocycles. The van der Waals surface area contributed by atoms with E-state index < -0.39 is 42.0 Å². The Balaban J connectivity index is 2.18. The number of halogens is 4. The number of nitrogens with one attached hydrogen (secondary N) is 2. The molecular weight excluding hydrogens is 515 g/mol. The average Bonchev–Trinajstić information content (AvgIpc) is 2.76. The minimum Gasteiger partial charge on any atom is -0.465 e. The normalized spacial score (nSPS) is 12.8. The molecule has 3 amide bonds. The van der Waals surface area contributed by atoms with Crippen LogP contribution in [0.3, 0.4) is 0 Å². The molecule has 37 heavy (non-hydrogen) atoms. The second-order valence-electron chi connectivity index (χ2n) is 9.22. The van der Waals surface area contributed by atoms with Gasteiger partial charge in [-0.3, -0.25) is 14.3 Å². The van der Waals surface area contributed by atoms with Crippen molar-refractivity contribution in [2.75, 3.05) is 11.9 Å². The number of carbonyl (C=O) groups is 2. The SMILES string of the molecule is CC(c1nc2cccc(Cl)c2c(=O)n1-c1cccc(NC(=O)NCC(F)(F)F)c1)N(C(=O)O)C(C)(C)C. The third-order valence-electron chi connectivity index (χ3n) is 5.37. The molecule has 1 heterocycles. The quantitative estimate of drug-likeness (QED) is 0.392. The average molecular weight is 540 g/mol. The third-order valence-corrected chi connectivity index (χ3v) is 5.69. The minimum atomic E-state index is -4.59. The predicted molar refractivity (Wildman–Crippen MR) is 133 cm³/mol. The van der Waals surface area contributed by atoms with Crippen LogP contribution in [0.4, 0.5) is 28.4 Å². The van der Waals surface area contributed by atoms with Gasteiger partial charge in [0.1, 0.15) is 12.4 Å². The zero-order chi connectivity index (χ0) is 27.7. The highest BCUT2D eigenvalue weighted by molar-refractivity contribution is 6.35. The monoisotopic (exact) mass is 539 g/mol. The number of aromatic nitrogens is 2. The fraction of sp³-hybridized carbons (Fsp3) is 0.333. The molecule has 0 bridgehead atoms. The Morgan fingerprint density at radius 3 is 2.41 bits per heavy atom. The van der Waals surface area contributed by atoms with Gasteiger partial charge in [0, 0.05) is 11.2 Å². The fourth-order valence-corrected chi connectivity index (χ4v) is 4.21. The van der Waals surface area contributed by atoms with Crippen molar-refractivity contribution in [3.63, 3.8) is 0 Å². The summed E-state index contributed by atoms with van der Waals surface area (Å²) in [5.74, 6) is 0.0794. The molecule has 1 unspecified atom stereocenters. The van der Waals surface area contributed by atoms with E-state index in [4.69, 9.17) is 11.6 Å². The van der Waals surface area contributed by atoms with Crippen molar-refractivity contribution in [2.45, 2.75) is 45.5 Å². The number of carboxylic acid groups (broad SMARTS) is 1. The lowest BCUT2D eigenvalue weighted by molar-refractivity contribution is -0.122. The number of rotatable bonds is 5. The van der Waals surface area contributed by atoms with Crippen LogP contribution in [0.2, 0.25) is 5.02 Å². The predicted octanol–water partition coefficient (Wildman–Crippen LogP) is 5.56. The maximum atomic E-state index is 13.7. The number of hydrogen-bond acceptors (Lipinski definition) is 4. The lowest BCUT2D eigenvalue weighted by Crippen LogP contribution is -2.47. The number of anilines is 1. The summed E-state index contributed by atoms with van der Waals surface area (Å²) in [7, 11) is 0. The smallest absolute Gasteiger partial charge is 0.408 e. The summed E-state index contributed by atoms with van der Waals surface area (Å²) in [6, 6.07) is 8.46. The Morgan fingerprint density at radius 2 is 1.81 bits per heavy atom. The van der Waals surface area contributed by atoms with Crippen LogP contribution in [-0.2, 0) is 0 Å². The van der Waals surface area contributed by atoms with Crippen molar-refractivity contribution >= 4 is 40.3 Å². The van der Waals surface area contributed by atoms with E-state index in [0.29, 0.717) is 0 Å². The van der Waals surface area contributed by atoms with Gasteiger partial charge in [0.2, 0.25) is 0 Å². The third kappa shape index (κ3) is 6.31. The maximum absolute atomic E-state index is 13.7. The highest BCUT2D eigenvalue weighted by atomic mass is 35.5. The minimum absolute atomic E-state index is 0.0794. The zero-order valence-electron chi connectivity index (χ0n) is 20.4. The first-order valence-electron chi connectivity index (χ1n) is 11.1. The Labute approximate surface area is 214 Å². The van der Waals surface area contributed by atoms with Crippen molar-refractivity contribution in [2.24, 2.45) is 0 Å². The van der Waals surface area contributed by atoms with Gasteiger partial charge in [-0.15, -0.1) is 0 Å². The van der Waals surface area contributed by atoms with Crippen LogP contribution in [-0.4, -0.2) is 49.9 Å². The van der Waals surface area contributed by atoms with Gasteiger partial charge in [-0.1, -0.05) is 23.7 Å². The van der Waals surface area contributed by atoms with E-state index in [0.717, 1.165) is 4.90 Å². The Kier molecular flexibility index (Phi) is 7.72. The summed E-state index contributed by atoms with van der Waals surface area (Å²) in [5.41, 5.74) is -0.912. The van der Waals surface area contributed by atoms with Crippen molar-refractivity contribution in [3.05, 3.63) is 63.7 Å². The zero-order valence-corrected chi connectivity index (χ0v) is 21.1. The Bertz CT molecular complexity index is 1400. The molecule has 3 N–H and O–H groups in total. The lowest BCUT2D eigenvalue weighted by atomic mass is 10.0. The van der Waals surface area contributed by atoms with Gasteiger partial charge >= 0.3 is 18.3 Å². The molecule has 0 aliphatic rings. The maximum Gasteiger partial charge on any atom is 0.408 e. The molecular formula is C24H25ClF3N5O4. The molecule has 0 radical (unpaired) electrons. The van der Waals surface area contributed by atoms with E-state index >= 15 is 0 Å². The van der Waals surface area contributed by atoms with Crippen molar-refractivity contribution in [1.82, 2.24) is 19.8 Å². The molecule has 0 saturated carbocycles. The molecule has 0 aliphatic heterocycles. The lowest BCUT2D eigenvalue weighted by Gasteiger charge is -2.38. The van der Waals surface area contributed by atoms with E-state index in [-0.39, 0.29) is 33.1 Å². The number of amides is 3. The molecule has 1 aromatic heterocycles. The molecule has 13 heteroatoms. The van der Waals surface area contributed by atoms with Crippen LogP contribution < -0.4 is 16.2 Å². The molecule has 0 aliphatic carbocycles. The van der Waals surface area contributed by atoms with Gasteiger partial charge in [0.25, 0.3) is 5.56 Å². The summed E-state index contributed by atoms with van der Waals surface area (Å²) in [6.07, 6.45) is -5.82. The number of nitrogens with zero attached hydrogens (tertiary/aromatic N) is 3.